The molecule has 3 rings (SSSR count). The summed E-state index contributed by atoms with van der Waals surface area (Å²) in [4.78, 5) is 8.53. The van der Waals surface area contributed by atoms with Gasteiger partial charge in [-0.2, -0.15) is 0 Å². The lowest BCUT2D eigenvalue weighted by molar-refractivity contribution is 0.742. The summed E-state index contributed by atoms with van der Waals surface area (Å²) in [7, 11) is 0. The van der Waals surface area contributed by atoms with E-state index in [1.165, 1.54) is 36.8 Å². The van der Waals surface area contributed by atoms with E-state index in [1.807, 2.05) is 6.07 Å². The minimum atomic E-state index is 0.793. The number of nitrogens with zero attached hydrogens (tertiary/aromatic N) is 2. The van der Waals surface area contributed by atoms with Crippen LogP contribution in [0.1, 0.15) is 31.2 Å². The Labute approximate surface area is 107 Å². The van der Waals surface area contributed by atoms with Crippen molar-refractivity contribution in [1.29, 1.82) is 0 Å². The summed E-state index contributed by atoms with van der Waals surface area (Å²) in [5.41, 5.74) is 3.91. The number of rotatable bonds is 2. The van der Waals surface area contributed by atoms with Crippen molar-refractivity contribution in [2.75, 3.05) is 0 Å². The van der Waals surface area contributed by atoms with Gasteiger partial charge in [-0.05, 0) is 42.9 Å². The molecule has 0 N–H and O–H groups in total. The molecule has 90 valence electrons. The Morgan fingerprint density at radius 1 is 0.833 bits per heavy atom. The predicted molar refractivity (Wildman–Crippen MR) is 73.9 cm³/mol. The highest BCUT2D eigenvalue weighted by Gasteiger charge is 2.06. The fourth-order valence-corrected chi connectivity index (χ4v) is 2.38. The molecule has 0 fully saturated rings. The summed E-state index contributed by atoms with van der Waals surface area (Å²) in [6.45, 7) is 0. The third-order valence-electron chi connectivity index (χ3n) is 3.37. The Kier molecular flexibility index (Phi) is 3.18. The van der Waals surface area contributed by atoms with Crippen LogP contribution in [0.3, 0.4) is 0 Å². The molecule has 1 aliphatic rings. The second-order valence-electron chi connectivity index (χ2n) is 4.62. The largest absolute Gasteiger partial charge is 0.237 e. The fourth-order valence-electron chi connectivity index (χ4n) is 2.38. The molecule has 2 nitrogen and oxygen atoms in total. The van der Waals surface area contributed by atoms with Crippen LogP contribution in [0.15, 0.2) is 48.8 Å². The Balaban J connectivity index is 1.87. The Hall–Kier alpha value is -1.96. The SMILES string of the molecule is C1=C(c2ccc(-c3ncccn3)cc2)CCCC1. The van der Waals surface area contributed by atoms with Gasteiger partial charge in [-0.1, -0.05) is 30.3 Å². The summed E-state index contributed by atoms with van der Waals surface area (Å²) >= 11 is 0. The number of benzene rings is 1. The molecule has 0 saturated heterocycles. The number of hydrogen-bond donors (Lipinski definition) is 0. The van der Waals surface area contributed by atoms with Crippen LogP contribution in [0.4, 0.5) is 0 Å². The van der Waals surface area contributed by atoms with Crippen LogP contribution in [-0.4, -0.2) is 9.97 Å². The fraction of sp³-hybridized carbons (Fsp3) is 0.250. The summed E-state index contributed by atoms with van der Waals surface area (Å²) in [5, 5.41) is 0. The Morgan fingerprint density at radius 3 is 2.22 bits per heavy atom. The Bertz CT molecular complexity index is 541. The van der Waals surface area contributed by atoms with Gasteiger partial charge in [-0.3, -0.25) is 0 Å². The third kappa shape index (κ3) is 2.33. The van der Waals surface area contributed by atoms with E-state index in [9.17, 15) is 0 Å². The summed E-state index contributed by atoms with van der Waals surface area (Å²) in [5.74, 6) is 0.793. The topological polar surface area (TPSA) is 25.8 Å². The van der Waals surface area contributed by atoms with Crippen molar-refractivity contribution >= 4 is 5.57 Å². The predicted octanol–water partition coefficient (Wildman–Crippen LogP) is 4.10. The average molecular weight is 236 g/mol. The first-order valence-corrected chi connectivity index (χ1v) is 6.50. The van der Waals surface area contributed by atoms with E-state index >= 15 is 0 Å². The van der Waals surface area contributed by atoms with Gasteiger partial charge >= 0.3 is 0 Å². The van der Waals surface area contributed by atoms with Gasteiger partial charge in [-0.15, -0.1) is 0 Å². The highest BCUT2D eigenvalue weighted by Crippen LogP contribution is 2.27. The van der Waals surface area contributed by atoms with E-state index in [2.05, 4.69) is 40.3 Å². The number of aromatic nitrogens is 2. The summed E-state index contributed by atoms with van der Waals surface area (Å²) in [6, 6.07) is 10.4. The lowest BCUT2D eigenvalue weighted by atomic mass is 9.93. The van der Waals surface area contributed by atoms with Crippen LogP contribution in [0.5, 0.6) is 0 Å². The normalized spacial score (nSPS) is 15.2. The molecule has 0 unspecified atom stereocenters. The molecule has 0 spiro atoms. The van der Waals surface area contributed by atoms with Crippen molar-refractivity contribution in [3.05, 3.63) is 54.4 Å². The van der Waals surface area contributed by atoms with E-state index in [1.54, 1.807) is 12.4 Å². The minimum absolute atomic E-state index is 0.793. The standard InChI is InChI=1S/C16H16N2/c1-2-5-13(6-3-1)14-7-9-15(10-8-14)16-17-11-4-12-18-16/h4-5,7-12H,1-3,6H2. The maximum Gasteiger partial charge on any atom is 0.159 e. The molecule has 1 aromatic heterocycles. The summed E-state index contributed by atoms with van der Waals surface area (Å²) in [6.07, 6.45) is 11.0. The lowest BCUT2D eigenvalue weighted by Crippen LogP contribution is -1.92. The molecule has 0 radical (unpaired) electrons. The maximum atomic E-state index is 4.27. The zero-order valence-electron chi connectivity index (χ0n) is 10.3. The highest BCUT2D eigenvalue weighted by molar-refractivity contribution is 5.68. The van der Waals surface area contributed by atoms with Gasteiger partial charge in [0, 0.05) is 18.0 Å². The van der Waals surface area contributed by atoms with E-state index in [0.29, 0.717) is 0 Å². The van der Waals surface area contributed by atoms with Crippen LogP contribution >= 0.6 is 0 Å². The first kappa shape index (κ1) is 11.1. The smallest absolute Gasteiger partial charge is 0.159 e. The van der Waals surface area contributed by atoms with Crippen molar-refractivity contribution in [2.24, 2.45) is 0 Å². The van der Waals surface area contributed by atoms with Crippen LogP contribution < -0.4 is 0 Å². The number of allylic oxidation sites excluding steroid dienone is 2. The van der Waals surface area contributed by atoms with Crippen LogP contribution in [-0.2, 0) is 0 Å². The van der Waals surface area contributed by atoms with Crippen molar-refractivity contribution in [1.82, 2.24) is 9.97 Å². The zero-order valence-corrected chi connectivity index (χ0v) is 10.3. The minimum Gasteiger partial charge on any atom is -0.237 e. The molecular weight excluding hydrogens is 220 g/mol. The molecule has 0 aliphatic heterocycles. The molecule has 1 aromatic carbocycles. The van der Waals surface area contributed by atoms with Crippen molar-refractivity contribution in [2.45, 2.75) is 25.7 Å². The molecule has 2 heteroatoms. The van der Waals surface area contributed by atoms with Gasteiger partial charge in [0.05, 0.1) is 0 Å². The molecule has 1 aliphatic carbocycles. The Morgan fingerprint density at radius 2 is 1.56 bits per heavy atom. The number of hydrogen-bond acceptors (Lipinski definition) is 2. The van der Waals surface area contributed by atoms with E-state index in [-0.39, 0.29) is 0 Å². The summed E-state index contributed by atoms with van der Waals surface area (Å²) < 4.78 is 0. The molecule has 2 aromatic rings. The lowest BCUT2D eigenvalue weighted by Gasteiger charge is -2.13. The first-order valence-electron chi connectivity index (χ1n) is 6.50. The van der Waals surface area contributed by atoms with Gasteiger partial charge in [0.25, 0.3) is 0 Å². The second kappa shape index (κ2) is 5.13. The molecule has 0 atom stereocenters. The third-order valence-corrected chi connectivity index (χ3v) is 3.37. The van der Waals surface area contributed by atoms with Crippen molar-refractivity contribution in [3.8, 4) is 11.4 Å². The molecule has 1 heterocycles. The highest BCUT2D eigenvalue weighted by atomic mass is 14.8. The molecule has 0 amide bonds. The molecule has 0 bridgehead atoms. The second-order valence-corrected chi connectivity index (χ2v) is 4.62. The van der Waals surface area contributed by atoms with Gasteiger partial charge in [0.1, 0.15) is 0 Å². The zero-order chi connectivity index (χ0) is 12.2. The van der Waals surface area contributed by atoms with Crippen LogP contribution in [0, 0.1) is 0 Å². The average Bonchev–Trinajstić information content (AvgIpc) is 2.49. The van der Waals surface area contributed by atoms with Crippen LogP contribution in [0.25, 0.3) is 17.0 Å². The van der Waals surface area contributed by atoms with E-state index in [0.717, 1.165) is 11.4 Å². The van der Waals surface area contributed by atoms with Crippen LogP contribution in [0.2, 0.25) is 0 Å². The van der Waals surface area contributed by atoms with Gasteiger partial charge < -0.3 is 0 Å². The molecular formula is C16H16N2. The van der Waals surface area contributed by atoms with E-state index < -0.39 is 0 Å². The van der Waals surface area contributed by atoms with Crippen molar-refractivity contribution in [3.63, 3.8) is 0 Å². The molecule has 0 saturated carbocycles. The first-order chi connectivity index (χ1) is 8.93. The van der Waals surface area contributed by atoms with Gasteiger partial charge in [0.15, 0.2) is 5.82 Å². The van der Waals surface area contributed by atoms with E-state index in [4.69, 9.17) is 0 Å². The quantitative estimate of drug-likeness (QED) is 0.784. The molecule has 18 heavy (non-hydrogen) atoms. The van der Waals surface area contributed by atoms with Gasteiger partial charge in [-0.25, -0.2) is 9.97 Å². The maximum absolute atomic E-state index is 4.27. The monoisotopic (exact) mass is 236 g/mol. The van der Waals surface area contributed by atoms with Gasteiger partial charge in [0.2, 0.25) is 0 Å². The van der Waals surface area contributed by atoms with Crippen molar-refractivity contribution < 1.29 is 0 Å².